The van der Waals surface area contributed by atoms with E-state index in [1.54, 1.807) is 24.4 Å². The number of nitrogens with zero attached hydrogens (tertiary/aromatic N) is 1. The molecule has 0 radical (unpaired) electrons. The van der Waals surface area contributed by atoms with Crippen LogP contribution in [-0.4, -0.2) is 23.9 Å². The molecule has 0 bridgehead atoms. The van der Waals surface area contributed by atoms with Gasteiger partial charge >= 0.3 is 29.6 Å². The number of anilines is 1. The minimum atomic E-state index is -4.22. The summed E-state index contributed by atoms with van der Waals surface area (Å²) in [6, 6.07) is 9.08. The van der Waals surface area contributed by atoms with Gasteiger partial charge in [0.2, 0.25) is 0 Å². The van der Waals surface area contributed by atoms with Crippen LogP contribution >= 0.6 is 0 Å². The van der Waals surface area contributed by atoms with Gasteiger partial charge in [0.15, 0.2) is 0 Å². The van der Waals surface area contributed by atoms with Crippen molar-refractivity contribution < 1.29 is 48.7 Å². The third-order valence-corrected chi connectivity index (χ3v) is 3.93. The average Bonchev–Trinajstić information content (AvgIpc) is 2.75. The van der Waals surface area contributed by atoms with Crippen molar-refractivity contribution >= 4 is 33.5 Å². The van der Waals surface area contributed by atoms with E-state index in [4.69, 9.17) is 4.55 Å². The molecule has 0 aliphatic carbocycles. The number of amides is 1. The predicted molar refractivity (Wildman–Crippen MR) is 78.1 cm³/mol. The van der Waals surface area contributed by atoms with Crippen LogP contribution in [0.5, 0.6) is 0 Å². The Bertz CT molecular complexity index is 867. The molecule has 1 amide bonds. The Labute approximate surface area is 150 Å². The first-order chi connectivity index (χ1) is 9.95. The molecule has 0 saturated carbocycles. The van der Waals surface area contributed by atoms with E-state index in [1.807, 2.05) is 0 Å². The molecule has 1 aromatic carbocycles. The minimum Gasteiger partial charge on any atom is -1.00 e. The van der Waals surface area contributed by atoms with Crippen molar-refractivity contribution in [3.8, 4) is 0 Å². The Morgan fingerprint density at radius 2 is 1.86 bits per heavy atom. The molecular weight excluding hydrogens is 315 g/mol. The number of hydrogen-bond donors (Lipinski definition) is 2. The maximum Gasteiger partial charge on any atom is 1.00 e. The Hall–Kier alpha value is -1.51. The van der Waals surface area contributed by atoms with Crippen LogP contribution in [0.3, 0.4) is 0 Å². The van der Waals surface area contributed by atoms with Crippen LogP contribution in [0.25, 0.3) is 11.6 Å². The molecule has 8 heteroatoms. The van der Waals surface area contributed by atoms with Gasteiger partial charge in [-0.2, -0.15) is 8.42 Å². The van der Waals surface area contributed by atoms with Crippen molar-refractivity contribution in [2.45, 2.75) is 4.90 Å². The standard InChI is InChI=1S/C14H10N2O4S.Na.H/c17-14-12(11-2-1-7-15-13(11)16-14)8-9-3-5-10(6-4-9)21(18,19)20;;/h1-8H,(H,15,16,17)(H,18,19,20);;/q;+1;-1. The van der Waals surface area contributed by atoms with Crippen LogP contribution in [0.4, 0.5) is 5.82 Å². The van der Waals surface area contributed by atoms with Crippen molar-refractivity contribution in [1.29, 1.82) is 0 Å². The summed E-state index contributed by atoms with van der Waals surface area (Å²) in [4.78, 5) is 15.8. The molecule has 0 spiro atoms. The van der Waals surface area contributed by atoms with Gasteiger partial charge in [-0.15, -0.1) is 0 Å². The fourth-order valence-electron chi connectivity index (χ4n) is 2.07. The van der Waals surface area contributed by atoms with E-state index in [-0.39, 0.29) is 41.8 Å². The number of fused-ring (bicyclic) bond motifs is 1. The second kappa shape index (κ2) is 6.31. The number of benzene rings is 1. The SMILES string of the molecule is O=C1Nc2ncccc2C1=Cc1ccc(S(=O)(=O)O)cc1.[H-].[Na+]. The maximum absolute atomic E-state index is 11.9. The topological polar surface area (TPSA) is 96.4 Å². The first-order valence-corrected chi connectivity index (χ1v) is 7.45. The summed E-state index contributed by atoms with van der Waals surface area (Å²) in [5.74, 6) is 0.242. The van der Waals surface area contributed by atoms with Gasteiger partial charge in [0.1, 0.15) is 5.82 Å². The average molecular weight is 326 g/mol. The summed E-state index contributed by atoms with van der Waals surface area (Å²) in [5, 5.41) is 2.65. The molecule has 0 atom stereocenters. The van der Waals surface area contributed by atoms with E-state index in [0.29, 0.717) is 22.5 Å². The van der Waals surface area contributed by atoms with E-state index in [9.17, 15) is 13.2 Å². The van der Waals surface area contributed by atoms with E-state index < -0.39 is 10.1 Å². The summed E-state index contributed by atoms with van der Waals surface area (Å²) in [6.45, 7) is 0. The minimum absolute atomic E-state index is 0. The Morgan fingerprint density at radius 1 is 1.18 bits per heavy atom. The first-order valence-electron chi connectivity index (χ1n) is 6.01. The van der Waals surface area contributed by atoms with Crippen molar-refractivity contribution in [1.82, 2.24) is 4.98 Å². The summed E-state index contributed by atoms with van der Waals surface area (Å²) >= 11 is 0. The zero-order chi connectivity index (χ0) is 15.0. The zero-order valence-corrected chi connectivity index (χ0v) is 14.5. The van der Waals surface area contributed by atoms with Crippen LogP contribution in [0.15, 0.2) is 47.5 Å². The molecule has 1 aliphatic rings. The Morgan fingerprint density at radius 3 is 2.50 bits per heavy atom. The molecule has 2 aromatic rings. The fourth-order valence-corrected chi connectivity index (χ4v) is 2.55. The third-order valence-electron chi connectivity index (χ3n) is 3.06. The van der Waals surface area contributed by atoms with Crippen LogP contribution in [0, 0.1) is 0 Å². The van der Waals surface area contributed by atoms with Crippen LogP contribution in [0.1, 0.15) is 12.6 Å². The number of hydrogen-bond acceptors (Lipinski definition) is 4. The molecule has 108 valence electrons. The molecule has 3 rings (SSSR count). The molecule has 0 fully saturated rings. The molecule has 1 aromatic heterocycles. The number of rotatable bonds is 2. The summed E-state index contributed by atoms with van der Waals surface area (Å²) in [5.41, 5.74) is 1.79. The number of carbonyl (C=O) groups excluding carboxylic acids is 1. The molecule has 22 heavy (non-hydrogen) atoms. The monoisotopic (exact) mass is 326 g/mol. The summed E-state index contributed by atoms with van der Waals surface area (Å²) in [7, 11) is -4.22. The number of carbonyl (C=O) groups is 1. The van der Waals surface area contributed by atoms with Gasteiger partial charge in [0.25, 0.3) is 16.0 Å². The van der Waals surface area contributed by atoms with Gasteiger partial charge in [-0.05, 0) is 35.9 Å². The van der Waals surface area contributed by atoms with Crippen LogP contribution < -0.4 is 34.9 Å². The smallest absolute Gasteiger partial charge is 1.00 e. The second-order valence-electron chi connectivity index (χ2n) is 4.46. The van der Waals surface area contributed by atoms with E-state index >= 15 is 0 Å². The molecule has 0 saturated heterocycles. The number of aromatic nitrogens is 1. The number of pyridine rings is 1. The largest absolute Gasteiger partial charge is 1.00 e. The zero-order valence-electron chi connectivity index (χ0n) is 12.6. The van der Waals surface area contributed by atoms with Gasteiger partial charge in [-0.1, -0.05) is 12.1 Å². The molecule has 1 aliphatic heterocycles. The molecule has 0 unspecified atom stereocenters. The van der Waals surface area contributed by atoms with E-state index in [0.717, 1.165) is 0 Å². The number of nitrogens with one attached hydrogen (secondary N) is 1. The second-order valence-corrected chi connectivity index (χ2v) is 5.88. The quantitative estimate of drug-likeness (QED) is 0.416. The van der Waals surface area contributed by atoms with Gasteiger partial charge in [0.05, 0.1) is 10.5 Å². The van der Waals surface area contributed by atoms with Gasteiger partial charge in [0, 0.05) is 11.8 Å². The fraction of sp³-hybridized carbons (Fsp3) is 0. The van der Waals surface area contributed by atoms with Crippen LogP contribution in [0.2, 0.25) is 0 Å². The third kappa shape index (κ3) is 3.29. The van der Waals surface area contributed by atoms with Crippen molar-refractivity contribution in [2.75, 3.05) is 5.32 Å². The van der Waals surface area contributed by atoms with Crippen LogP contribution in [-0.2, 0) is 14.9 Å². The molecule has 2 heterocycles. The van der Waals surface area contributed by atoms with Gasteiger partial charge in [-0.3, -0.25) is 9.35 Å². The predicted octanol–water partition coefficient (Wildman–Crippen LogP) is -1.06. The van der Waals surface area contributed by atoms with Gasteiger partial charge < -0.3 is 6.74 Å². The van der Waals surface area contributed by atoms with Gasteiger partial charge in [-0.25, -0.2) is 4.98 Å². The van der Waals surface area contributed by atoms with E-state index in [1.165, 1.54) is 24.3 Å². The first kappa shape index (κ1) is 16.9. The van der Waals surface area contributed by atoms with Crippen molar-refractivity contribution in [2.24, 2.45) is 0 Å². The van der Waals surface area contributed by atoms with Crippen molar-refractivity contribution in [3.63, 3.8) is 0 Å². The Kier molecular flexibility index (Phi) is 4.84. The normalized spacial score (nSPS) is 15.1. The summed E-state index contributed by atoms with van der Waals surface area (Å²) in [6.07, 6.45) is 3.22. The Balaban J connectivity index is 0.00000132. The van der Waals surface area contributed by atoms with Crippen molar-refractivity contribution in [3.05, 3.63) is 53.7 Å². The molecular formula is C14H11N2NaO4S. The molecule has 6 nitrogen and oxygen atoms in total. The maximum atomic E-state index is 11.9. The molecule has 2 N–H and O–H groups in total. The van der Waals surface area contributed by atoms with E-state index in [2.05, 4.69) is 10.3 Å². The summed E-state index contributed by atoms with van der Waals surface area (Å²) < 4.78 is 30.9.